The van der Waals surface area contributed by atoms with E-state index in [-0.39, 0.29) is 0 Å². The molecular weight excluding hydrogens is 266 g/mol. The van der Waals surface area contributed by atoms with Crippen molar-refractivity contribution in [2.75, 3.05) is 18.0 Å². The largest absolute Gasteiger partial charge is 0.341 e. The fourth-order valence-corrected chi connectivity index (χ4v) is 3.13. The van der Waals surface area contributed by atoms with Crippen LogP contribution in [0.3, 0.4) is 0 Å². The first-order valence-electron chi connectivity index (χ1n) is 6.28. The van der Waals surface area contributed by atoms with Gasteiger partial charge in [-0.15, -0.1) is 11.3 Å². The zero-order chi connectivity index (χ0) is 13.3. The molecule has 0 atom stereocenters. The van der Waals surface area contributed by atoms with Crippen molar-refractivity contribution >= 4 is 39.1 Å². The molecule has 0 aliphatic rings. The second-order valence-corrected chi connectivity index (χ2v) is 5.93. The molecule has 2 heterocycles. The Hall–Kier alpha value is -0.870. The van der Waals surface area contributed by atoms with Crippen LogP contribution in [0.5, 0.6) is 0 Å². The Morgan fingerprint density at radius 2 is 1.94 bits per heavy atom. The maximum atomic E-state index is 6.27. The third kappa shape index (κ3) is 2.45. The number of aromatic nitrogens is 2. The first-order valence-corrected chi connectivity index (χ1v) is 7.48. The van der Waals surface area contributed by atoms with Crippen molar-refractivity contribution in [2.45, 2.75) is 33.6 Å². The molecule has 0 saturated heterocycles. The SMILES string of the molecule is CCN(CC)c1nc(Cl)c2cc(C(C)C)sc2n1. The highest BCUT2D eigenvalue weighted by atomic mass is 35.5. The molecule has 0 saturated carbocycles. The minimum absolute atomic E-state index is 0.497. The quantitative estimate of drug-likeness (QED) is 0.783. The highest BCUT2D eigenvalue weighted by Crippen LogP contribution is 2.33. The lowest BCUT2D eigenvalue weighted by Crippen LogP contribution is -2.24. The first-order chi connectivity index (χ1) is 8.56. The third-order valence-corrected chi connectivity index (χ3v) is 4.59. The Bertz CT molecular complexity index is 546. The van der Waals surface area contributed by atoms with Crippen LogP contribution in [0.15, 0.2) is 6.07 Å². The van der Waals surface area contributed by atoms with Gasteiger partial charge in [0.2, 0.25) is 5.95 Å². The fraction of sp³-hybridized carbons (Fsp3) is 0.538. The standard InChI is InChI=1S/C13H18ClN3S/c1-5-17(6-2)13-15-11(14)9-7-10(8(3)4)18-12(9)16-13/h7-8H,5-6H2,1-4H3. The summed E-state index contributed by atoms with van der Waals surface area (Å²) in [5.41, 5.74) is 0. The lowest BCUT2D eigenvalue weighted by atomic mass is 10.2. The van der Waals surface area contributed by atoms with Crippen LogP contribution >= 0.6 is 22.9 Å². The topological polar surface area (TPSA) is 29.0 Å². The van der Waals surface area contributed by atoms with E-state index in [9.17, 15) is 0 Å². The average Bonchev–Trinajstić information content (AvgIpc) is 2.75. The smallest absolute Gasteiger partial charge is 0.228 e. The number of nitrogens with zero attached hydrogens (tertiary/aromatic N) is 3. The van der Waals surface area contributed by atoms with Gasteiger partial charge in [-0.25, -0.2) is 9.97 Å². The molecule has 0 spiro atoms. The molecule has 98 valence electrons. The van der Waals surface area contributed by atoms with Crippen LogP contribution in [-0.4, -0.2) is 23.1 Å². The first kappa shape index (κ1) is 13.6. The van der Waals surface area contributed by atoms with Crippen molar-refractivity contribution in [1.82, 2.24) is 9.97 Å². The van der Waals surface area contributed by atoms with Crippen LogP contribution in [0.25, 0.3) is 10.2 Å². The molecule has 0 unspecified atom stereocenters. The van der Waals surface area contributed by atoms with E-state index < -0.39 is 0 Å². The summed E-state index contributed by atoms with van der Waals surface area (Å²) in [6.07, 6.45) is 0. The zero-order valence-electron chi connectivity index (χ0n) is 11.2. The van der Waals surface area contributed by atoms with Gasteiger partial charge in [0.1, 0.15) is 9.98 Å². The molecule has 0 aromatic carbocycles. The van der Waals surface area contributed by atoms with Gasteiger partial charge in [0, 0.05) is 23.4 Å². The van der Waals surface area contributed by atoms with Gasteiger partial charge in [-0.1, -0.05) is 25.4 Å². The van der Waals surface area contributed by atoms with Gasteiger partial charge in [0.15, 0.2) is 0 Å². The van der Waals surface area contributed by atoms with Crippen molar-refractivity contribution in [3.05, 3.63) is 16.1 Å². The van der Waals surface area contributed by atoms with Gasteiger partial charge in [0.25, 0.3) is 0 Å². The van der Waals surface area contributed by atoms with E-state index in [1.165, 1.54) is 4.88 Å². The molecule has 0 radical (unpaired) electrons. The van der Waals surface area contributed by atoms with E-state index in [2.05, 4.69) is 48.6 Å². The number of rotatable bonds is 4. The van der Waals surface area contributed by atoms with Gasteiger partial charge in [-0.2, -0.15) is 0 Å². The highest BCUT2D eigenvalue weighted by molar-refractivity contribution is 7.18. The molecule has 0 bridgehead atoms. The Balaban J connectivity index is 2.54. The molecule has 3 nitrogen and oxygen atoms in total. The summed E-state index contributed by atoms with van der Waals surface area (Å²) in [7, 11) is 0. The third-order valence-electron chi connectivity index (χ3n) is 2.97. The molecule has 0 aliphatic carbocycles. The van der Waals surface area contributed by atoms with Crippen molar-refractivity contribution in [3.8, 4) is 0 Å². The van der Waals surface area contributed by atoms with E-state index in [1.807, 2.05) is 0 Å². The Morgan fingerprint density at radius 1 is 1.28 bits per heavy atom. The maximum absolute atomic E-state index is 6.27. The Morgan fingerprint density at radius 3 is 2.50 bits per heavy atom. The van der Waals surface area contributed by atoms with Gasteiger partial charge in [-0.05, 0) is 25.8 Å². The molecule has 0 fully saturated rings. The summed E-state index contributed by atoms with van der Waals surface area (Å²) in [5.74, 6) is 1.23. The van der Waals surface area contributed by atoms with E-state index >= 15 is 0 Å². The molecule has 2 rings (SSSR count). The van der Waals surface area contributed by atoms with E-state index in [0.717, 1.165) is 29.3 Å². The van der Waals surface area contributed by atoms with E-state index in [4.69, 9.17) is 11.6 Å². The highest BCUT2D eigenvalue weighted by Gasteiger charge is 2.14. The molecule has 0 aliphatic heterocycles. The minimum Gasteiger partial charge on any atom is -0.341 e. The minimum atomic E-state index is 0.497. The summed E-state index contributed by atoms with van der Waals surface area (Å²) in [4.78, 5) is 13.4. The van der Waals surface area contributed by atoms with Gasteiger partial charge in [-0.3, -0.25) is 0 Å². The number of fused-ring (bicyclic) bond motifs is 1. The summed E-state index contributed by atoms with van der Waals surface area (Å²) in [6, 6.07) is 2.11. The van der Waals surface area contributed by atoms with Crippen molar-refractivity contribution in [3.63, 3.8) is 0 Å². The Labute approximate surface area is 117 Å². The van der Waals surface area contributed by atoms with Crippen LogP contribution in [-0.2, 0) is 0 Å². The number of thiophene rings is 1. The van der Waals surface area contributed by atoms with Crippen LogP contribution in [0.4, 0.5) is 5.95 Å². The molecule has 0 N–H and O–H groups in total. The lowest BCUT2D eigenvalue weighted by molar-refractivity contribution is 0.827. The maximum Gasteiger partial charge on any atom is 0.228 e. The number of hydrogen-bond acceptors (Lipinski definition) is 4. The number of anilines is 1. The van der Waals surface area contributed by atoms with Crippen LogP contribution in [0.1, 0.15) is 38.5 Å². The van der Waals surface area contributed by atoms with Gasteiger partial charge < -0.3 is 4.90 Å². The van der Waals surface area contributed by atoms with Gasteiger partial charge >= 0.3 is 0 Å². The fourth-order valence-electron chi connectivity index (χ4n) is 1.83. The summed E-state index contributed by atoms with van der Waals surface area (Å²) in [5, 5.41) is 1.53. The second kappa shape index (κ2) is 5.41. The molecule has 5 heteroatoms. The van der Waals surface area contributed by atoms with Gasteiger partial charge in [0.05, 0.1) is 0 Å². The molecule has 0 amide bonds. The summed E-state index contributed by atoms with van der Waals surface area (Å²) in [6.45, 7) is 10.3. The molecule has 2 aromatic rings. The lowest BCUT2D eigenvalue weighted by Gasteiger charge is -2.18. The van der Waals surface area contributed by atoms with Crippen LogP contribution < -0.4 is 4.90 Å². The predicted molar refractivity (Wildman–Crippen MR) is 80.1 cm³/mol. The van der Waals surface area contributed by atoms with Crippen molar-refractivity contribution in [1.29, 1.82) is 0 Å². The van der Waals surface area contributed by atoms with Crippen LogP contribution in [0.2, 0.25) is 5.15 Å². The number of hydrogen-bond donors (Lipinski definition) is 0. The van der Waals surface area contributed by atoms with Crippen molar-refractivity contribution < 1.29 is 0 Å². The molecule has 18 heavy (non-hydrogen) atoms. The van der Waals surface area contributed by atoms with E-state index in [0.29, 0.717) is 11.1 Å². The molecular formula is C13H18ClN3S. The normalized spacial score (nSPS) is 11.4. The monoisotopic (exact) mass is 283 g/mol. The second-order valence-electron chi connectivity index (χ2n) is 4.51. The Kier molecular flexibility index (Phi) is 4.07. The van der Waals surface area contributed by atoms with E-state index in [1.54, 1.807) is 11.3 Å². The van der Waals surface area contributed by atoms with Crippen LogP contribution in [0, 0.1) is 0 Å². The predicted octanol–water partition coefficient (Wildman–Crippen LogP) is 4.31. The average molecular weight is 284 g/mol. The summed E-state index contributed by atoms with van der Waals surface area (Å²) < 4.78 is 0. The molecule has 2 aromatic heterocycles. The van der Waals surface area contributed by atoms with Crippen molar-refractivity contribution in [2.24, 2.45) is 0 Å². The zero-order valence-corrected chi connectivity index (χ0v) is 12.8. The summed E-state index contributed by atoms with van der Waals surface area (Å²) >= 11 is 7.98. The number of halogens is 1.